The van der Waals surface area contributed by atoms with Gasteiger partial charge < -0.3 is 19.1 Å². The molecule has 1 aliphatic rings. The van der Waals surface area contributed by atoms with Crippen molar-refractivity contribution in [2.75, 3.05) is 16.8 Å². The number of anilines is 3. The van der Waals surface area contributed by atoms with Gasteiger partial charge in [-0.2, -0.15) is 30.6 Å². The van der Waals surface area contributed by atoms with Crippen molar-refractivity contribution in [3.8, 4) is 28.7 Å². The standard InChI is InChI=1S/C41H34N5O.Pt/c1-27-14-16-28(17-15-27)34-23-30(45-26-44(5)36-12-8-9-13-37(36)45)24-40(43-34)47-31-18-19-33-32-10-6-7-11-35(32)46(38(33)25-31)39-22-29(20-21-42-39)41(2,3)4;/h6-23,26H,1-5H3;/q-3;. The molecule has 6 nitrogen and oxygen atoms in total. The van der Waals surface area contributed by atoms with E-state index < -0.39 is 0 Å². The Bertz CT molecular complexity index is 2290. The van der Waals surface area contributed by atoms with E-state index in [1.807, 2.05) is 25.4 Å². The summed E-state index contributed by atoms with van der Waals surface area (Å²) in [5.74, 6) is 1.76. The minimum Gasteiger partial charge on any atom is -0.504 e. The van der Waals surface area contributed by atoms with Crippen molar-refractivity contribution in [2.45, 2.75) is 33.1 Å². The number of ether oxygens (including phenoxy) is 1. The van der Waals surface area contributed by atoms with Crippen molar-refractivity contribution < 1.29 is 25.8 Å². The molecule has 0 bridgehead atoms. The SMILES string of the molecule is Cc1ccc(-c2cc(N3[CH-]N(C)c4ccccc43)[c-]c(Oc3[c-]c4c(cc3)c3ccccc3n4-c3cc(C(C)(C)C)ccn3)n2)cc1.[Pt]. The summed E-state index contributed by atoms with van der Waals surface area (Å²) < 4.78 is 8.71. The average molecular weight is 808 g/mol. The van der Waals surface area contributed by atoms with Gasteiger partial charge in [0.2, 0.25) is 0 Å². The smallest absolute Gasteiger partial charge is 0.135 e. The molecule has 0 unspecified atom stereocenters. The largest absolute Gasteiger partial charge is 0.504 e. The third kappa shape index (κ3) is 5.65. The van der Waals surface area contributed by atoms with Crippen molar-refractivity contribution in [3.63, 3.8) is 0 Å². The molecule has 0 spiro atoms. The van der Waals surface area contributed by atoms with E-state index >= 15 is 0 Å². The van der Waals surface area contributed by atoms with Gasteiger partial charge in [0.25, 0.3) is 0 Å². The third-order valence-corrected chi connectivity index (χ3v) is 8.75. The van der Waals surface area contributed by atoms with E-state index in [2.05, 4.69) is 152 Å². The van der Waals surface area contributed by atoms with Gasteiger partial charge in [-0.05, 0) is 71.9 Å². The summed E-state index contributed by atoms with van der Waals surface area (Å²) in [6.07, 6.45) is 1.89. The van der Waals surface area contributed by atoms with Crippen LogP contribution in [0.4, 0.5) is 17.1 Å². The van der Waals surface area contributed by atoms with E-state index in [-0.39, 0.29) is 26.5 Å². The van der Waals surface area contributed by atoms with Crippen LogP contribution in [0.15, 0.2) is 109 Å². The van der Waals surface area contributed by atoms with Gasteiger partial charge in [-0.15, -0.1) is 17.5 Å². The molecule has 7 aromatic rings. The number of nitrogens with zero attached hydrogens (tertiary/aromatic N) is 5. The number of hydrogen-bond donors (Lipinski definition) is 0. The molecule has 0 N–H and O–H groups in total. The van der Waals surface area contributed by atoms with E-state index in [9.17, 15) is 0 Å². The predicted molar refractivity (Wildman–Crippen MR) is 191 cm³/mol. The summed E-state index contributed by atoms with van der Waals surface area (Å²) in [6, 6.07) is 42.5. The zero-order valence-electron chi connectivity index (χ0n) is 27.4. The molecule has 7 heteroatoms. The second kappa shape index (κ2) is 12.3. The Morgan fingerprint density at radius 1 is 0.792 bits per heavy atom. The Hall–Kier alpha value is -4.93. The normalized spacial score (nSPS) is 12.8. The average Bonchev–Trinajstić information content (AvgIpc) is 3.59. The molecule has 8 rings (SSSR count). The summed E-state index contributed by atoms with van der Waals surface area (Å²) in [4.78, 5) is 14.0. The van der Waals surface area contributed by atoms with Crippen molar-refractivity contribution in [2.24, 2.45) is 0 Å². The number of pyridine rings is 2. The predicted octanol–water partition coefficient (Wildman–Crippen LogP) is 9.94. The Labute approximate surface area is 295 Å². The van der Waals surface area contributed by atoms with Crippen LogP contribution in [-0.2, 0) is 26.5 Å². The van der Waals surface area contributed by atoms with Crippen LogP contribution in [0.2, 0.25) is 0 Å². The maximum atomic E-state index is 6.54. The molecule has 48 heavy (non-hydrogen) atoms. The first-order valence-corrected chi connectivity index (χ1v) is 15.8. The Kier molecular flexibility index (Phi) is 8.09. The maximum absolute atomic E-state index is 6.54. The summed E-state index contributed by atoms with van der Waals surface area (Å²) in [5.41, 5.74) is 9.17. The fourth-order valence-electron chi connectivity index (χ4n) is 6.23. The van der Waals surface area contributed by atoms with Gasteiger partial charge in [0.15, 0.2) is 0 Å². The first-order valence-electron chi connectivity index (χ1n) is 15.8. The van der Waals surface area contributed by atoms with Crippen molar-refractivity contribution in [1.82, 2.24) is 14.5 Å². The first kappa shape index (κ1) is 31.7. The van der Waals surface area contributed by atoms with E-state index in [1.165, 1.54) is 11.1 Å². The van der Waals surface area contributed by atoms with Crippen molar-refractivity contribution >= 4 is 38.9 Å². The van der Waals surface area contributed by atoms with Gasteiger partial charge in [0.05, 0.1) is 0 Å². The fraction of sp³-hybridized carbons (Fsp3) is 0.146. The molecule has 0 saturated heterocycles. The summed E-state index contributed by atoms with van der Waals surface area (Å²) >= 11 is 0. The molecule has 4 aromatic carbocycles. The van der Waals surface area contributed by atoms with E-state index in [0.717, 1.165) is 55.9 Å². The molecule has 0 fully saturated rings. The molecule has 0 saturated carbocycles. The van der Waals surface area contributed by atoms with Gasteiger partial charge >= 0.3 is 0 Å². The number of rotatable bonds is 5. The Morgan fingerprint density at radius 3 is 2.33 bits per heavy atom. The van der Waals surface area contributed by atoms with Crippen LogP contribution in [0, 0.1) is 25.7 Å². The summed E-state index contributed by atoms with van der Waals surface area (Å²) in [6.45, 7) is 10.8. The monoisotopic (exact) mass is 807 g/mol. The first-order chi connectivity index (χ1) is 22.7. The zero-order chi connectivity index (χ0) is 32.3. The zero-order valence-corrected chi connectivity index (χ0v) is 29.7. The number of aryl methyl sites for hydroxylation is 1. The molecule has 0 atom stereocenters. The number of benzene rings is 4. The quantitative estimate of drug-likeness (QED) is 0.162. The van der Waals surface area contributed by atoms with E-state index in [1.54, 1.807) is 0 Å². The van der Waals surface area contributed by atoms with Crippen LogP contribution < -0.4 is 14.5 Å². The second-order valence-electron chi connectivity index (χ2n) is 13.1. The maximum Gasteiger partial charge on any atom is 0.135 e. The van der Waals surface area contributed by atoms with Crippen LogP contribution in [0.5, 0.6) is 11.6 Å². The summed E-state index contributed by atoms with van der Waals surface area (Å²) in [5, 5.41) is 2.21. The molecule has 3 aromatic heterocycles. The molecule has 0 amide bonds. The van der Waals surface area contributed by atoms with Crippen LogP contribution in [-0.4, -0.2) is 21.6 Å². The Balaban J connectivity index is 0.00000364. The van der Waals surface area contributed by atoms with Crippen molar-refractivity contribution in [1.29, 1.82) is 0 Å². The molecule has 4 heterocycles. The molecule has 1 aliphatic heterocycles. The van der Waals surface area contributed by atoms with E-state index in [4.69, 9.17) is 14.7 Å². The van der Waals surface area contributed by atoms with Gasteiger partial charge in [-0.3, -0.25) is 4.98 Å². The third-order valence-electron chi connectivity index (χ3n) is 8.75. The fourth-order valence-corrected chi connectivity index (χ4v) is 6.23. The van der Waals surface area contributed by atoms with Gasteiger partial charge in [-0.25, -0.2) is 4.98 Å². The molecule has 0 aliphatic carbocycles. The van der Waals surface area contributed by atoms with Crippen LogP contribution in [0.25, 0.3) is 38.9 Å². The number of aromatic nitrogens is 3. The minimum atomic E-state index is -0.0157. The van der Waals surface area contributed by atoms with Crippen molar-refractivity contribution in [3.05, 3.63) is 139 Å². The van der Waals surface area contributed by atoms with Crippen LogP contribution in [0.3, 0.4) is 0 Å². The molecular weight excluding hydrogens is 774 g/mol. The minimum absolute atomic E-state index is 0. The topological polar surface area (TPSA) is 46.4 Å². The van der Waals surface area contributed by atoms with Gasteiger partial charge in [-0.1, -0.05) is 86.4 Å². The number of para-hydroxylation sites is 3. The van der Waals surface area contributed by atoms with Crippen LogP contribution >= 0.6 is 0 Å². The molecule has 0 radical (unpaired) electrons. The second-order valence-corrected chi connectivity index (χ2v) is 13.1. The molecular formula is C41H34N5OPt-3. The molecule has 242 valence electrons. The number of fused-ring (bicyclic) bond motifs is 4. The van der Waals surface area contributed by atoms with Crippen LogP contribution in [0.1, 0.15) is 31.9 Å². The number of hydrogen-bond acceptors (Lipinski definition) is 5. The Morgan fingerprint density at radius 2 is 1.54 bits per heavy atom. The summed E-state index contributed by atoms with van der Waals surface area (Å²) in [7, 11) is 2.05. The van der Waals surface area contributed by atoms with E-state index in [0.29, 0.717) is 11.6 Å². The van der Waals surface area contributed by atoms with Gasteiger partial charge in [0.1, 0.15) is 11.7 Å². The van der Waals surface area contributed by atoms with Gasteiger partial charge in [0, 0.05) is 49.9 Å².